The van der Waals surface area contributed by atoms with Gasteiger partial charge in [-0.1, -0.05) is 0 Å². The van der Waals surface area contributed by atoms with E-state index in [0.29, 0.717) is 0 Å². The van der Waals surface area contributed by atoms with Crippen molar-refractivity contribution in [2.24, 2.45) is 0 Å². The smallest absolute Gasteiger partial charge is 0.0622 e. The Morgan fingerprint density at radius 3 is 3.10 bits per heavy atom. The molecule has 2 heteroatoms. The summed E-state index contributed by atoms with van der Waals surface area (Å²) in [6.45, 7) is 5.41. The molecule has 58 valence electrons. The summed E-state index contributed by atoms with van der Waals surface area (Å²) in [7, 11) is 0. The fourth-order valence-electron chi connectivity index (χ4n) is 2.10. The Morgan fingerprint density at radius 1 is 1.40 bits per heavy atom. The van der Waals surface area contributed by atoms with Gasteiger partial charge in [-0.3, -0.25) is 4.90 Å². The van der Waals surface area contributed by atoms with Crippen LogP contribution in [0.4, 0.5) is 0 Å². The molecule has 10 heavy (non-hydrogen) atoms. The highest BCUT2D eigenvalue weighted by atomic mass is 16.5. The number of ether oxygens (including phenoxy) is 1. The molecular formula is C8H15NO. The standard InChI is InChI=1S/C8H15NO/c1-7-2-3-8-6-10-5-4-9(7)8/h7-8H,2-6H2,1H3. The van der Waals surface area contributed by atoms with Crippen LogP contribution in [-0.2, 0) is 4.74 Å². The van der Waals surface area contributed by atoms with Crippen LogP contribution in [-0.4, -0.2) is 36.7 Å². The van der Waals surface area contributed by atoms with Gasteiger partial charge in [0.25, 0.3) is 0 Å². The van der Waals surface area contributed by atoms with Crippen molar-refractivity contribution in [3.05, 3.63) is 0 Å². The maximum atomic E-state index is 5.39. The second-order valence-corrected chi connectivity index (χ2v) is 3.39. The Balaban J connectivity index is 2.01. The summed E-state index contributed by atoms with van der Waals surface area (Å²) in [6, 6.07) is 1.57. The van der Waals surface area contributed by atoms with Crippen molar-refractivity contribution in [3.63, 3.8) is 0 Å². The number of nitrogens with zero attached hydrogens (tertiary/aromatic N) is 1. The van der Waals surface area contributed by atoms with Gasteiger partial charge in [-0.15, -0.1) is 0 Å². The summed E-state index contributed by atoms with van der Waals surface area (Å²) in [6.07, 6.45) is 2.72. The average Bonchev–Trinajstić information content (AvgIpc) is 2.34. The van der Waals surface area contributed by atoms with Gasteiger partial charge in [0.05, 0.1) is 13.2 Å². The van der Waals surface area contributed by atoms with E-state index in [1.807, 2.05) is 0 Å². The number of fused-ring (bicyclic) bond motifs is 1. The first-order chi connectivity index (χ1) is 4.88. The van der Waals surface area contributed by atoms with Gasteiger partial charge < -0.3 is 4.74 Å². The minimum Gasteiger partial charge on any atom is -0.378 e. The molecule has 2 rings (SSSR count). The van der Waals surface area contributed by atoms with Crippen LogP contribution in [0, 0.1) is 0 Å². The van der Waals surface area contributed by atoms with Crippen molar-refractivity contribution >= 4 is 0 Å². The third-order valence-electron chi connectivity index (χ3n) is 2.76. The van der Waals surface area contributed by atoms with Gasteiger partial charge in [0.2, 0.25) is 0 Å². The largest absolute Gasteiger partial charge is 0.378 e. The minimum atomic E-state index is 0.753. The van der Waals surface area contributed by atoms with E-state index in [-0.39, 0.29) is 0 Å². The van der Waals surface area contributed by atoms with Crippen molar-refractivity contribution in [1.29, 1.82) is 0 Å². The van der Waals surface area contributed by atoms with Crippen molar-refractivity contribution in [2.75, 3.05) is 19.8 Å². The summed E-state index contributed by atoms with van der Waals surface area (Å²) in [4.78, 5) is 2.59. The van der Waals surface area contributed by atoms with Gasteiger partial charge in [0, 0.05) is 18.6 Å². The van der Waals surface area contributed by atoms with E-state index in [2.05, 4.69) is 11.8 Å². The molecule has 0 aromatic rings. The van der Waals surface area contributed by atoms with Crippen LogP contribution in [0.15, 0.2) is 0 Å². The molecule has 0 aliphatic carbocycles. The Kier molecular flexibility index (Phi) is 1.66. The molecular weight excluding hydrogens is 126 g/mol. The normalized spacial score (nSPS) is 41.7. The van der Waals surface area contributed by atoms with Gasteiger partial charge in [0.1, 0.15) is 0 Å². The van der Waals surface area contributed by atoms with Gasteiger partial charge >= 0.3 is 0 Å². The second-order valence-electron chi connectivity index (χ2n) is 3.39. The van der Waals surface area contributed by atoms with E-state index < -0.39 is 0 Å². The first-order valence-corrected chi connectivity index (χ1v) is 4.21. The Morgan fingerprint density at radius 2 is 2.30 bits per heavy atom. The molecule has 0 aromatic heterocycles. The molecule has 0 spiro atoms. The lowest BCUT2D eigenvalue weighted by Crippen LogP contribution is -2.43. The van der Waals surface area contributed by atoms with E-state index in [1.54, 1.807) is 0 Å². The molecule has 0 N–H and O–H groups in total. The van der Waals surface area contributed by atoms with E-state index in [0.717, 1.165) is 31.8 Å². The third-order valence-corrected chi connectivity index (χ3v) is 2.76. The van der Waals surface area contributed by atoms with Crippen molar-refractivity contribution in [3.8, 4) is 0 Å². The predicted molar refractivity (Wildman–Crippen MR) is 40.0 cm³/mol. The molecule has 0 bridgehead atoms. The van der Waals surface area contributed by atoms with Crippen LogP contribution in [0.3, 0.4) is 0 Å². The molecule has 2 aliphatic rings. The zero-order valence-electron chi connectivity index (χ0n) is 6.55. The predicted octanol–water partition coefficient (Wildman–Crippen LogP) is 0.870. The molecule has 2 nitrogen and oxygen atoms in total. The zero-order chi connectivity index (χ0) is 6.97. The number of morpholine rings is 1. The molecule has 2 atom stereocenters. The number of rotatable bonds is 0. The van der Waals surface area contributed by atoms with Gasteiger partial charge in [-0.05, 0) is 19.8 Å². The lowest BCUT2D eigenvalue weighted by atomic mass is 10.2. The minimum absolute atomic E-state index is 0.753. The second kappa shape index (κ2) is 2.51. The van der Waals surface area contributed by atoms with E-state index in [9.17, 15) is 0 Å². The van der Waals surface area contributed by atoms with Crippen molar-refractivity contribution in [1.82, 2.24) is 4.90 Å². The summed E-state index contributed by atoms with van der Waals surface area (Å²) in [5.74, 6) is 0. The molecule has 2 fully saturated rings. The summed E-state index contributed by atoms with van der Waals surface area (Å²) in [5.41, 5.74) is 0. The van der Waals surface area contributed by atoms with Gasteiger partial charge in [-0.2, -0.15) is 0 Å². The highest BCUT2D eigenvalue weighted by Gasteiger charge is 2.32. The van der Waals surface area contributed by atoms with Gasteiger partial charge in [-0.25, -0.2) is 0 Å². The summed E-state index contributed by atoms with van der Waals surface area (Å²) < 4.78 is 5.39. The third kappa shape index (κ3) is 0.956. The lowest BCUT2D eigenvalue weighted by molar-refractivity contribution is 0.0000264. The summed E-state index contributed by atoms with van der Waals surface area (Å²) >= 11 is 0. The van der Waals surface area contributed by atoms with Crippen LogP contribution in [0.1, 0.15) is 19.8 Å². The van der Waals surface area contributed by atoms with E-state index in [1.165, 1.54) is 12.8 Å². The SMILES string of the molecule is CC1CCC2COCCN12. The Labute approximate surface area is 62.2 Å². The first-order valence-electron chi connectivity index (χ1n) is 4.21. The molecule has 2 saturated heterocycles. The summed E-state index contributed by atoms with van der Waals surface area (Å²) in [5, 5.41) is 0. The molecule has 0 radical (unpaired) electrons. The van der Waals surface area contributed by atoms with Crippen LogP contribution in [0.5, 0.6) is 0 Å². The van der Waals surface area contributed by atoms with Crippen LogP contribution < -0.4 is 0 Å². The fourth-order valence-corrected chi connectivity index (χ4v) is 2.10. The number of hydrogen-bond acceptors (Lipinski definition) is 2. The maximum absolute atomic E-state index is 5.39. The quantitative estimate of drug-likeness (QED) is 0.496. The van der Waals surface area contributed by atoms with Gasteiger partial charge in [0.15, 0.2) is 0 Å². The maximum Gasteiger partial charge on any atom is 0.0622 e. The molecule has 0 amide bonds. The fraction of sp³-hybridized carbons (Fsp3) is 1.00. The monoisotopic (exact) mass is 141 g/mol. The molecule has 2 heterocycles. The zero-order valence-corrected chi connectivity index (χ0v) is 6.55. The highest BCUT2D eigenvalue weighted by molar-refractivity contribution is 4.86. The molecule has 0 saturated carbocycles. The van der Waals surface area contributed by atoms with E-state index in [4.69, 9.17) is 4.74 Å². The lowest BCUT2D eigenvalue weighted by Gasteiger charge is -2.32. The Bertz CT molecular complexity index is 124. The van der Waals surface area contributed by atoms with Crippen molar-refractivity contribution < 1.29 is 4.74 Å². The van der Waals surface area contributed by atoms with Crippen LogP contribution >= 0.6 is 0 Å². The molecule has 2 unspecified atom stereocenters. The van der Waals surface area contributed by atoms with Crippen LogP contribution in [0.2, 0.25) is 0 Å². The van der Waals surface area contributed by atoms with E-state index >= 15 is 0 Å². The number of hydrogen-bond donors (Lipinski definition) is 0. The first kappa shape index (κ1) is 6.62. The Hall–Kier alpha value is -0.0800. The molecule has 0 aromatic carbocycles. The highest BCUT2D eigenvalue weighted by Crippen LogP contribution is 2.25. The topological polar surface area (TPSA) is 12.5 Å². The van der Waals surface area contributed by atoms with Crippen LogP contribution in [0.25, 0.3) is 0 Å². The average molecular weight is 141 g/mol. The van der Waals surface area contributed by atoms with Crippen molar-refractivity contribution in [2.45, 2.75) is 31.8 Å². The molecule has 2 aliphatic heterocycles.